The highest BCUT2D eigenvalue weighted by Crippen LogP contribution is 2.13. The van der Waals surface area contributed by atoms with E-state index in [4.69, 9.17) is 0 Å². The number of hydrogen-bond donors (Lipinski definition) is 2. The molecule has 2 heterocycles. The molecular formula is C11H17FN4. The topological polar surface area (TPSA) is 49.8 Å². The molecule has 0 saturated carbocycles. The molecule has 1 aliphatic heterocycles. The van der Waals surface area contributed by atoms with Gasteiger partial charge in [0.05, 0.1) is 12.4 Å². The Morgan fingerprint density at radius 3 is 2.94 bits per heavy atom. The van der Waals surface area contributed by atoms with Crippen LogP contribution in [0.5, 0.6) is 0 Å². The van der Waals surface area contributed by atoms with Crippen molar-refractivity contribution in [2.24, 2.45) is 5.92 Å². The van der Waals surface area contributed by atoms with Crippen LogP contribution in [0.25, 0.3) is 0 Å². The highest BCUT2D eigenvalue weighted by Gasteiger charge is 2.12. The summed E-state index contributed by atoms with van der Waals surface area (Å²) >= 11 is 0. The lowest BCUT2D eigenvalue weighted by molar-refractivity contribution is 0.364. The van der Waals surface area contributed by atoms with Crippen LogP contribution in [0, 0.1) is 11.7 Å². The molecule has 0 spiro atoms. The molecule has 88 valence electrons. The van der Waals surface area contributed by atoms with E-state index in [9.17, 15) is 4.39 Å². The van der Waals surface area contributed by atoms with Gasteiger partial charge in [0.15, 0.2) is 5.82 Å². The standard InChI is InChI=1S/C11H17FN4/c12-10-7-15-11(16-8-10)14-5-3-9-2-1-4-13-6-9/h7-9,13H,1-6H2,(H,14,15,16). The van der Waals surface area contributed by atoms with Gasteiger partial charge in [-0.1, -0.05) is 0 Å². The SMILES string of the molecule is Fc1cnc(NCCC2CCCNC2)nc1. The van der Waals surface area contributed by atoms with Gasteiger partial charge >= 0.3 is 0 Å². The van der Waals surface area contributed by atoms with Gasteiger partial charge in [-0.3, -0.25) is 0 Å². The monoisotopic (exact) mass is 224 g/mol. The van der Waals surface area contributed by atoms with Crippen LogP contribution in [0.15, 0.2) is 12.4 Å². The van der Waals surface area contributed by atoms with Gasteiger partial charge < -0.3 is 10.6 Å². The third-order valence-electron chi connectivity index (χ3n) is 2.85. The van der Waals surface area contributed by atoms with Crippen molar-refractivity contribution >= 4 is 5.95 Å². The summed E-state index contributed by atoms with van der Waals surface area (Å²) in [6, 6.07) is 0. The number of hydrogen-bond acceptors (Lipinski definition) is 4. The number of anilines is 1. The third kappa shape index (κ3) is 3.41. The number of nitrogens with zero attached hydrogens (tertiary/aromatic N) is 2. The molecule has 0 amide bonds. The Bertz CT molecular complexity index is 308. The molecule has 1 saturated heterocycles. The molecule has 2 N–H and O–H groups in total. The first-order chi connectivity index (χ1) is 7.84. The summed E-state index contributed by atoms with van der Waals surface area (Å²) in [6.45, 7) is 3.09. The summed E-state index contributed by atoms with van der Waals surface area (Å²) in [5, 5.41) is 6.48. The maximum absolute atomic E-state index is 12.5. The average molecular weight is 224 g/mol. The van der Waals surface area contributed by atoms with Crippen molar-refractivity contribution in [3.05, 3.63) is 18.2 Å². The number of piperidine rings is 1. The second-order valence-corrected chi connectivity index (χ2v) is 4.15. The molecule has 1 aromatic heterocycles. The molecule has 1 aliphatic rings. The molecule has 4 nitrogen and oxygen atoms in total. The van der Waals surface area contributed by atoms with Gasteiger partial charge in [0.25, 0.3) is 0 Å². The molecule has 5 heteroatoms. The Balaban J connectivity index is 1.69. The largest absolute Gasteiger partial charge is 0.354 e. The Labute approximate surface area is 94.7 Å². The normalized spacial score (nSPS) is 20.7. The van der Waals surface area contributed by atoms with Crippen LogP contribution in [0.4, 0.5) is 10.3 Å². The second kappa shape index (κ2) is 5.75. The Kier molecular flexibility index (Phi) is 4.04. The maximum atomic E-state index is 12.5. The van der Waals surface area contributed by atoms with Crippen LogP contribution in [0.2, 0.25) is 0 Å². The zero-order valence-electron chi connectivity index (χ0n) is 9.25. The van der Waals surface area contributed by atoms with Crippen LogP contribution in [0.3, 0.4) is 0 Å². The first-order valence-electron chi connectivity index (χ1n) is 5.77. The fourth-order valence-electron chi connectivity index (χ4n) is 1.96. The molecule has 1 fully saturated rings. The number of aromatic nitrogens is 2. The Morgan fingerprint density at radius 2 is 2.25 bits per heavy atom. The van der Waals surface area contributed by atoms with E-state index in [1.165, 1.54) is 25.2 Å². The smallest absolute Gasteiger partial charge is 0.222 e. The van der Waals surface area contributed by atoms with Gasteiger partial charge in [-0.2, -0.15) is 0 Å². The predicted molar refractivity (Wildman–Crippen MR) is 60.7 cm³/mol. The molecule has 1 aromatic rings. The van der Waals surface area contributed by atoms with Gasteiger partial charge in [-0.05, 0) is 38.3 Å². The summed E-state index contributed by atoms with van der Waals surface area (Å²) in [4.78, 5) is 7.70. The number of rotatable bonds is 4. The lowest BCUT2D eigenvalue weighted by Gasteiger charge is -2.22. The van der Waals surface area contributed by atoms with Crippen LogP contribution < -0.4 is 10.6 Å². The molecule has 1 unspecified atom stereocenters. The first-order valence-corrected chi connectivity index (χ1v) is 5.77. The van der Waals surface area contributed by atoms with Crippen molar-refractivity contribution in [2.45, 2.75) is 19.3 Å². The van der Waals surface area contributed by atoms with Crippen LogP contribution >= 0.6 is 0 Å². The highest BCUT2D eigenvalue weighted by atomic mass is 19.1. The molecule has 0 bridgehead atoms. The van der Waals surface area contributed by atoms with Crippen molar-refractivity contribution in [3.63, 3.8) is 0 Å². The van der Waals surface area contributed by atoms with Crippen LogP contribution in [0.1, 0.15) is 19.3 Å². The zero-order chi connectivity index (χ0) is 11.2. The minimum absolute atomic E-state index is 0.401. The Morgan fingerprint density at radius 1 is 1.44 bits per heavy atom. The molecular weight excluding hydrogens is 207 g/mol. The van der Waals surface area contributed by atoms with Crippen molar-refractivity contribution < 1.29 is 4.39 Å². The van der Waals surface area contributed by atoms with Gasteiger partial charge in [-0.15, -0.1) is 0 Å². The second-order valence-electron chi connectivity index (χ2n) is 4.15. The van der Waals surface area contributed by atoms with E-state index in [2.05, 4.69) is 20.6 Å². The van der Waals surface area contributed by atoms with E-state index < -0.39 is 5.82 Å². The minimum Gasteiger partial charge on any atom is -0.354 e. The van der Waals surface area contributed by atoms with Gasteiger partial charge in [-0.25, -0.2) is 14.4 Å². The minimum atomic E-state index is -0.401. The van der Waals surface area contributed by atoms with Crippen LogP contribution in [-0.2, 0) is 0 Å². The molecule has 0 aromatic carbocycles. The number of nitrogens with one attached hydrogen (secondary N) is 2. The van der Waals surface area contributed by atoms with Gasteiger partial charge in [0.2, 0.25) is 5.95 Å². The predicted octanol–water partition coefficient (Wildman–Crippen LogP) is 1.42. The summed E-state index contributed by atoms with van der Waals surface area (Å²) in [6.07, 6.45) is 6.01. The quantitative estimate of drug-likeness (QED) is 0.812. The molecule has 16 heavy (non-hydrogen) atoms. The highest BCUT2D eigenvalue weighted by molar-refractivity contribution is 5.21. The van der Waals surface area contributed by atoms with Crippen molar-refractivity contribution in [2.75, 3.05) is 25.0 Å². The number of halogens is 1. The van der Waals surface area contributed by atoms with Gasteiger partial charge in [0.1, 0.15) is 0 Å². The summed E-state index contributed by atoms with van der Waals surface area (Å²) in [5.74, 6) is 0.842. The van der Waals surface area contributed by atoms with Crippen molar-refractivity contribution in [1.29, 1.82) is 0 Å². The molecule has 2 rings (SSSR count). The van der Waals surface area contributed by atoms with E-state index in [1.807, 2.05) is 0 Å². The fourth-order valence-corrected chi connectivity index (χ4v) is 1.96. The van der Waals surface area contributed by atoms with E-state index in [-0.39, 0.29) is 0 Å². The van der Waals surface area contributed by atoms with Gasteiger partial charge in [0, 0.05) is 6.54 Å². The summed E-state index contributed by atoms with van der Waals surface area (Å²) in [5.41, 5.74) is 0. The summed E-state index contributed by atoms with van der Waals surface area (Å²) in [7, 11) is 0. The lowest BCUT2D eigenvalue weighted by Crippen LogP contribution is -2.30. The first kappa shape index (κ1) is 11.3. The van der Waals surface area contributed by atoms with Crippen LogP contribution in [-0.4, -0.2) is 29.6 Å². The van der Waals surface area contributed by atoms with E-state index in [0.29, 0.717) is 5.95 Å². The zero-order valence-corrected chi connectivity index (χ0v) is 9.25. The molecule has 1 atom stereocenters. The van der Waals surface area contributed by atoms with Crippen molar-refractivity contribution in [1.82, 2.24) is 15.3 Å². The molecule has 0 radical (unpaired) electrons. The van der Waals surface area contributed by atoms with E-state index in [1.54, 1.807) is 0 Å². The lowest BCUT2D eigenvalue weighted by atomic mass is 9.96. The average Bonchev–Trinajstić information content (AvgIpc) is 2.33. The summed E-state index contributed by atoms with van der Waals surface area (Å²) < 4.78 is 12.5. The fraction of sp³-hybridized carbons (Fsp3) is 0.636. The van der Waals surface area contributed by atoms with Crippen molar-refractivity contribution in [3.8, 4) is 0 Å². The maximum Gasteiger partial charge on any atom is 0.222 e. The molecule has 0 aliphatic carbocycles. The van der Waals surface area contributed by atoms with E-state index in [0.717, 1.165) is 32.0 Å². The Hall–Kier alpha value is -1.23. The third-order valence-corrected chi connectivity index (χ3v) is 2.85. The van der Waals surface area contributed by atoms with E-state index >= 15 is 0 Å².